The van der Waals surface area contributed by atoms with Crippen LogP contribution in [0.5, 0.6) is 0 Å². The Morgan fingerprint density at radius 3 is 2.64 bits per heavy atom. The Morgan fingerprint density at radius 1 is 1.36 bits per heavy atom. The van der Waals surface area contributed by atoms with Crippen molar-refractivity contribution in [1.29, 1.82) is 0 Å². The summed E-state index contributed by atoms with van der Waals surface area (Å²) in [6.07, 6.45) is -4.08. The molecule has 0 aliphatic carbocycles. The zero-order chi connectivity index (χ0) is 19.8. The number of piperidine rings is 1. The smallest absolute Gasteiger partial charge is 0.388 e. The van der Waals surface area contributed by atoms with Crippen LogP contribution in [-0.2, 0) is 6.18 Å². The summed E-state index contributed by atoms with van der Waals surface area (Å²) in [5, 5.41) is 11.6. The lowest BCUT2D eigenvalue weighted by Crippen LogP contribution is -2.42. The van der Waals surface area contributed by atoms with Gasteiger partial charge in [-0.15, -0.1) is 17.5 Å². The molecule has 0 bridgehead atoms. The van der Waals surface area contributed by atoms with E-state index in [0.717, 1.165) is 25.6 Å². The van der Waals surface area contributed by atoms with Crippen molar-refractivity contribution in [3.05, 3.63) is 34.1 Å². The maximum atomic E-state index is 14.3. The molecule has 1 aromatic carbocycles. The van der Waals surface area contributed by atoms with E-state index >= 15 is 0 Å². The number of hydrogen-bond donors (Lipinski definition) is 3. The lowest BCUT2D eigenvalue weighted by molar-refractivity contribution is -0.139. The Bertz CT molecular complexity index is 868. The second-order valence-electron chi connectivity index (χ2n) is 6.86. The Balaban J connectivity index is 0.00000280. The maximum absolute atomic E-state index is 14.3. The summed E-state index contributed by atoms with van der Waals surface area (Å²) in [7, 11) is 0. The van der Waals surface area contributed by atoms with Gasteiger partial charge in [-0.3, -0.25) is 0 Å². The van der Waals surface area contributed by atoms with E-state index in [1.807, 2.05) is 12.0 Å². The molecule has 1 aromatic heterocycles. The molecule has 0 radical (unpaired) electrons. The second-order valence-corrected chi connectivity index (χ2v) is 6.86. The molecular weight excluding hydrogens is 404 g/mol. The van der Waals surface area contributed by atoms with Crippen LogP contribution in [0.4, 0.5) is 23.2 Å². The van der Waals surface area contributed by atoms with Crippen molar-refractivity contribution in [3.8, 4) is 11.5 Å². The highest BCUT2D eigenvalue weighted by Gasteiger charge is 2.39. The molecule has 3 rings (SSSR count). The van der Waals surface area contributed by atoms with Gasteiger partial charge in [0.15, 0.2) is 0 Å². The molecule has 0 amide bonds. The Labute approximate surface area is 164 Å². The van der Waals surface area contributed by atoms with E-state index < -0.39 is 29.0 Å². The molecule has 11 heteroatoms. The van der Waals surface area contributed by atoms with E-state index in [1.54, 1.807) is 6.92 Å². The van der Waals surface area contributed by atoms with Crippen LogP contribution in [0.1, 0.15) is 25.8 Å². The van der Waals surface area contributed by atoms with E-state index in [0.29, 0.717) is 6.07 Å². The first-order chi connectivity index (χ1) is 12.7. The van der Waals surface area contributed by atoms with Crippen molar-refractivity contribution >= 4 is 18.1 Å². The van der Waals surface area contributed by atoms with E-state index in [9.17, 15) is 22.4 Å². The van der Waals surface area contributed by atoms with Gasteiger partial charge in [0.25, 0.3) is 0 Å². The van der Waals surface area contributed by atoms with Gasteiger partial charge in [-0.25, -0.2) is 14.3 Å². The minimum atomic E-state index is -4.88. The Hall–Kier alpha value is -2.07. The van der Waals surface area contributed by atoms with Crippen LogP contribution in [0.15, 0.2) is 21.3 Å². The van der Waals surface area contributed by atoms with E-state index in [4.69, 9.17) is 4.42 Å². The normalized spacial score (nSPS) is 21.1. The number of halogens is 5. The van der Waals surface area contributed by atoms with Crippen molar-refractivity contribution in [2.24, 2.45) is 11.8 Å². The van der Waals surface area contributed by atoms with Crippen LogP contribution in [-0.4, -0.2) is 29.3 Å². The summed E-state index contributed by atoms with van der Waals surface area (Å²) in [5.74, 6) is -2.23. The summed E-state index contributed by atoms with van der Waals surface area (Å²) < 4.78 is 59.4. The van der Waals surface area contributed by atoms with E-state index in [2.05, 4.69) is 15.7 Å². The van der Waals surface area contributed by atoms with Gasteiger partial charge in [-0.1, -0.05) is 6.92 Å². The summed E-state index contributed by atoms with van der Waals surface area (Å²) >= 11 is 0. The third-order valence-electron chi connectivity index (χ3n) is 4.94. The minimum Gasteiger partial charge on any atom is -0.388 e. The molecule has 1 fully saturated rings. The first kappa shape index (κ1) is 22.2. The fourth-order valence-corrected chi connectivity index (χ4v) is 3.61. The lowest BCUT2D eigenvalue weighted by atomic mass is 9.82. The third-order valence-corrected chi connectivity index (χ3v) is 4.94. The molecular formula is C17H21ClF4N4O2. The molecule has 0 spiro atoms. The highest BCUT2D eigenvalue weighted by molar-refractivity contribution is 5.85. The molecule has 3 N–H and O–H groups in total. The summed E-state index contributed by atoms with van der Waals surface area (Å²) in [6.45, 7) is 5.36. The molecule has 0 saturated carbocycles. The van der Waals surface area contributed by atoms with Gasteiger partial charge in [0.1, 0.15) is 11.4 Å². The van der Waals surface area contributed by atoms with Crippen LogP contribution >= 0.6 is 12.4 Å². The molecule has 2 aromatic rings. The van der Waals surface area contributed by atoms with Crippen LogP contribution in [0.2, 0.25) is 0 Å². The topological polar surface area (TPSA) is 83.0 Å². The minimum absolute atomic E-state index is 0. The number of rotatable bonds is 4. The highest BCUT2D eigenvalue weighted by atomic mass is 35.5. The first-order valence-electron chi connectivity index (χ1n) is 8.60. The zero-order valence-electron chi connectivity index (χ0n) is 15.2. The van der Waals surface area contributed by atoms with Gasteiger partial charge in [0, 0.05) is 11.6 Å². The number of anilines is 1. The quantitative estimate of drug-likeness (QED) is 0.652. The first-order valence-corrected chi connectivity index (χ1v) is 8.60. The monoisotopic (exact) mass is 424 g/mol. The molecule has 28 heavy (non-hydrogen) atoms. The number of aromatic amines is 1. The number of H-pyrrole nitrogens is 1. The molecule has 1 saturated heterocycles. The number of aromatic nitrogens is 2. The second kappa shape index (κ2) is 8.52. The number of nitrogens with zero attached hydrogens (tertiary/aromatic N) is 1. The van der Waals surface area contributed by atoms with Gasteiger partial charge >= 0.3 is 11.9 Å². The van der Waals surface area contributed by atoms with Crippen molar-refractivity contribution in [3.63, 3.8) is 0 Å². The fourth-order valence-electron chi connectivity index (χ4n) is 3.61. The Kier molecular flexibility index (Phi) is 6.76. The predicted molar refractivity (Wildman–Crippen MR) is 98.0 cm³/mol. The highest BCUT2D eigenvalue weighted by Crippen LogP contribution is 2.40. The SMILES string of the molecule is C[C@@H]1CNCC[C@@H]1[C@H](C)Nc1cc(-c2n[nH]c(=O)o2)cc(F)c1C(F)(F)F.Cl. The molecule has 6 nitrogen and oxygen atoms in total. The zero-order valence-corrected chi connectivity index (χ0v) is 16.0. The summed E-state index contributed by atoms with van der Waals surface area (Å²) in [4.78, 5) is 11.1. The summed E-state index contributed by atoms with van der Waals surface area (Å²) in [6, 6.07) is 1.45. The third kappa shape index (κ3) is 4.67. The fraction of sp³-hybridized carbons (Fsp3) is 0.529. The van der Waals surface area contributed by atoms with E-state index in [-0.39, 0.29) is 41.7 Å². The van der Waals surface area contributed by atoms with Crippen LogP contribution < -0.4 is 16.4 Å². The van der Waals surface area contributed by atoms with E-state index in [1.165, 1.54) is 0 Å². The number of nitrogens with one attached hydrogen (secondary N) is 3. The van der Waals surface area contributed by atoms with Crippen LogP contribution in [0.25, 0.3) is 11.5 Å². The van der Waals surface area contributed by atoms with Crippen molar-refractivity contribution in [2.45, 2.75) is 32.5 Å². The molecule has 0 unspecified atom stereocenters. The van der Waals surface area contributed by atoms with Gasteiger partial charge in [-0.2, -0.15) is 13.2 Å². The molecule has 1 aliphatic heterocycles. The maximum Gasteiger partial charge on any atom is 0.434 e. The molecule has 1 aliphatic rings. The average molecular weight is 425 g/mol. The number of hydrogen-bond acceptors (Lipinski definition) is 5. The van der Waals surface area contributed by atoms with Crippen LogP contribution in [0.3, 0.4) is 0 Å². The summed E-state index contributed by atoms with van der Waals surface area (Å²) in [5.41, 5.74) is -1.84. The van der Waals surface area contributed by atoms with Crippen LogP contribution in [0, 0.1) is 17.7 Å². The molecule has 3 atom stereocenters. The molecule has 2 heterocycles. The van der Waals surface area contributed by atoms with Crippen molar-refractivity contribution in [2.75, 3.05) is 18.4 Å². The van der Waals surface area contributed by atoms with Gasteiger partial charge in [-0.05, 0) is 50.4 Å². The lowest BCUT2D eigenvalue weighted by Gasteiger charge is -2.35. The van der Waals surface area contributed by atoms with Gasteiger partial charge in [0.2, 0.25) is 5.89 Å². The number of benzene rings is 1. The van der Waals surface area contributed by atoms with Gasteiger partial charge in [0.05, 0.1) is 5.69 Å². The van der Waals surface area contributed by atoms with Crippen molar-refractivity contribution in [1.82, 2.24) is 15.5 Å². The number of alkyl halides is 3. The van der Waals surface area contributed by atoms with Gasteiger partial charge < -0.3 is 15.1 Å². The molecule has 156 valence electrons. The standard InChI is InChI=1S/C17H20F4N4O2.ClH/c1-8-7-22-4-3-11(8)9(2)23-13-6-10(15-24-25-16(26)27-15)5-12(18)14(13)17(19,20)21;/h5-6,8-9,11,22-23H,3-4,7H2,1-2H3,(H,25,26);1H/t8-,9+,11+;/m1./s1. The largest absolute Gasteiger partial charge is 0.434 e. The average Bonchev–Trinajstić information content (AvgIpc) is 3.00. The van der Waals surface area contributed by atoms with Crippen molar-refractivity contribution < 1.29 is 22.0 Å². The Morgan fingerprint density at radius 2 is 2.07 bits per heavy atom. The predicted octanol–water partition coefficient (Wildman–Crippen LogP) is 3.66.